The number of rotatable bonds is 5. The van der Waals surface area contributed by atoms with E-state index >= 15 is 0 Å². The molecule has 0 aliphatic carbocycles. The summed E-state index contributed by atoms with van der Waals surface area (Å²) >= 11 is 4.91. The first kappa shape index (κ1) is 14.0. The highest BCUT2D eigenvalue weighted by atomic mass is 79.9. The van der Waals surface area contributed by atoms with Crippen LogP contribution >= 0.6 is 27.3 Å². The summed E-state index contributed by atoms with van der Waals surface area (Å²) in [7, 11) is 1.67. The molecule has 0 spiro atoms. The van der Waals surface area contributed by atoms with Gasteiger partial charge in [-0.1, -0.05) is 0 Å². The standard InChI is InChI=1S/C10H13BrN2O3S/c1-13(5-7-4-8(11)17-6-7)10(16)12-3-2-9(14)15/h4,6H,2-3,5H2,1H3,(H,12,16)(H,14,15). The molecule has 0 atom stereocenters. The van der Waals surface area contributed by atoms with Crippen LogP contribution in [0.15, 0.2) is 15.2 Å². The van der Waals surface area contributed by atoms with Crippen LogP contribution in [0.5, 0.6) is 0 Å². The van der Waals surface area contributed by atoms with Crippen LogP contribution in [0.25, 0.3) is 0 Å². The first-order chi connectivity index (χ1) is 7.99. The Labute approximate surface area is 112 Å². The summed E-state index contributed by atoms with van der Waals surface area (Å²) < 4.78 is 1.02. The van der Waals surface area contributed by atoms with Crippen LogP contribution < -0.4 is 5.32 Å². The number of aliphatic carboxylic acids is 1. The summed E-state index contributed by atoms with van der Waals surface area (Å²) in [5.74, 6) is -0.922. The molecule has 1 aromatic heterocycles. The second kappa shape index (κ2) is 6.61. The largest absolute Gasteiger partial charge is 0.481 e. The zero-order valence-corrected chi connectivity index (χ0v) is 11.7. The highest BCUT2D eigenvalue weighted by Crippen LogP contribution is 2.21. The van der Waals surface area contributed by atoms with E-state index in [-0.39, 0.29) is 19.0 Å². The van der Waals surface area contributed by atoms with Gasteiger partial charge in [-0.15, -0.1) is 11.3 Å². The third-order valence-electron chi connectivity index (χ3n) is 2.00. The molecule has 2 amide bonds. The van der Waals surface area contributed by atoms with Crippen LogP contribution in [0.1, 0.15) is 12.0 Å². The van der Waals surface area contributed by atoms with Gasteiger partial charge in [0.1, 0.15) is 0 Å². The first-order valence-corrected chi connectivity index (χ1v) is 6.60. The van der Waals surface area contributed by atoms with E-state index in [0.29, 0.717) is 6.54 Å². The molecule has 0 bridgehead atoms. The summed E-state index contributed by atoms with van der Waals surface area (Å²) in [4.78, 5) is 23.3. The van der Waals surface area contributed by atoms with E-state index in [0.717, 1.165) is 9.35 Å². The molecule has 94 valence electrons. The fourth-order valence-electron chi connectivity index (χ4n) is 1.19. The first-order valence-electron chi connectivity index (χ1n) is 4.92. The number of amides is 2. The molecule has 0 aliphatic heterocycles. The van der Waals surface area contributed by atoms with Gasteiger partial charge in [0.2, 0.25) is 0 Å². The average Bonchev–Trinajstić information content (AvgIpc) is 2.63. The molecule has 1 aromatic rings. The van der Waals surface area contributed by atoms with Crippen molar-refractivity contribution in [2.75, 3.05) is 13.6 Å². The summed E-state index contributed by atoms with van der Waals surface area (Å²) in [5.41, 5.74) is 1.04. The summed E-state index contributed by atoms with van der Waals surface area (Å²) in [5, 5.41) is 12.9. The highest BCUT2D eigenvalue weighted by Gasteiger charge is 2.09. The molecule has 1 rings (SSSR count). The molecule has 0 saturated carbocycles. The third kappa shape index (κ3) is 5.18. The Kier molecular flexibility index (Phi) is 5.43. The molecule has 7 heteroatoms. The van der Waals surface area contributed by atoms with Crippen molar-refractivity contribution in [2.45, 2.75) is 13.0 Å². The number of nitrogens with zero attached hydrogens (tertiary/aromatic N) is 1. The Bertz CT molecular complexity index is 408. The van der Waals surface area contributed by atoms with Gasteiger partial charge in [0.05, 0.1) is 10.2 Å². The summed E-state index contributed by atoms with van der Waals surface area (Å²) in [6.07, 6.45) is -0.0659. The van der Waals surface area contributed by atoms with Crippen molar-refractivity contribution in [3.63, 3.8) is 0 Å². The molecule has 0 saturated heterocycles. The topological polar surface area (TPSA) is 69.6 Å². The van der Waals surface area contributed by atoms with Gasteiger partial charge in [0, 0.05) is 20.1 Å². The van der Waals surface area contributed by atoms with Crippen LogP contribution in [0, 0.1) is 0 Å². The monoisotopic (exact) mass is 320 g/mol. The number of thiophene rings is 1. The molecule has 1 heterocycles. The van der Waals surface area contributed by atoms with E-state index < -0.39 is 5.97 Å². The maximum Gasteiger partial charge on any atom is 0.317 e. The predicted octanol–water partition coefficient (Wildman–Crippen LogP) is 2.13. The van der Waals surface area contributed by atoms with Gasteiger partial charge in [-0.05, 0) is 32.9 Å². The van der Waals surface area contributed by atoms with Crippen molar-refractivity contribution in [1.82, 2.24) is 10.2 Å². The van der Waals surface area contributed by atoms with Gasteiger partial charge in [0.15, 0.2) is 0 Å². The van der Waals surface area contributed by atoms with Crippen LogP contribution in [0.2, 0.25) is 0 Å². The maximum atomic E-state index is 11.5. The van der Waals surface area contributed by atoms with E-state index in [9.17, 15) is 9.59 Å². The van der Waals surface area contributed by atoms with Crippen molar-refractivity contribution in [3.8, 4) is 0 Å². The number of carboxylic acids is 1. The number of urea groups is 1. The number of hydrogen-bond donors (Lipinski definition) is 2. The Hall–Kier alpha value is -1.08. The lowest BCUT2D eigenvalue weighted by Gasteiger charge is -2.16. The van der Waals surface area contributed by atoms with E-state index in [1.165, 1.54) is 4.90 Å². The van der Waals surface area contributed by atoms with E-state index in [2.05, 4.69) is 21.2 Å². The fraction of sp³-hybridized carbons (Fsp3) is 0.400. The quantitative estimate of drug-likeness (QED) is 0.873. The minimum atomic E-state index is -0.922. The normalized spacial score (nSPS) is 10.0. The smallest absolute Gasteiger partial charge is 0.317 e. The van der Waals surface area contributed by atoms with Crippen molar-refractivity contribution in [2.24, 2.45) is 0 Å². The Morgan fingerprint density at radius 3 is 2.82 bits per heavy atom. The average molecular weight is 321 g/mol. The molecule has 17 heavy (non-hydrogen) atoms. The zero-order chi connectivity index (χ0) is 12.8. The van der Waals surface area contributed by atoms with Gasteiger partial charge < -0.3 is 15.3 Å². The molecule has 0 aliphatic rings. The number of hydrogen-bond acceptors (Lipinski definition) is 3. The third-order valence-corrected chi connectivity index (χ3v) is 3.56. The Morgan fingerprint density at radius 2 is 2.29 bits per heavy atom. The molecule has 0 aromatic carbocycles. The zero-order valence-electron chi connectivity index (χ0n) is 9.27. The second-order valence-corrected chi connectivity index (χ2v) is 5.78. The molecule has 2 N–H and O–H groups in total. The van der Waals surface area contributed by atoms with Crippen LogP contribution in [-0.4, -0.2) is 35.6 Å². The van der Waals surface area contributed by atoms with E-state index in [4.69, 9.17) is 5.11 Å². The number of carbonyl (C=O) groups excluding carboxylic acids is 1. The lowest BCUT2D eigenvalue weighted by molar-refractivity contribution is -0.136. The van der Waals surface area contributed by atoms with Crippen molar-refractivity contribution in [3.05, 3.63) is 20.8 Å². The molecule has 5 nitrogen and oxygen atoms in total. The van der Waals surface area contributed by atoms with Gasteiger partial charge in [0.25, 0.3) is 0 Å². The number of carbonyl (C=O) groups is 2. The van der Waals surface area contributed by atoms with Gasteiger partial charge in [-0.2, -0.15) is 0 Å². The number of halogens is 1. The second-order valence-electron chi connectivity index (χ2n) is 3.49. The molecule has 0 fully saturated rings. The molecular formula is C10H13BrN2O3S. The number of carboxylic acid groups (broad SMARTS) is 1. The number of nitrogens with one attached hydrogen (secondary N) is 1. The maximum absolute atomic E-state index is 11.5. The summed E-state index contributed by atoms with van der Waals surface area (Å²) in [6.45, 7) is 0.646. The minimum Gasteiger partial charge on any atom is -0.481 e. The van der Waals surface area contributed by atoms with E-state index in [1.54, 1.807) is 18.4 Å². The highest BCUT2D eigenvalue weighted by molar-refractivity contribution is 9.11. The van der Waals surface area contributed by atoms with Crippen molar-refractivity contribution >= 4 is 39.3 Å². The van der Waals surface area contributed by atoms with E-state index in [1.807, 2.05) is 11.4 Å². The molecule has 0 radical (unpaired) electrons. The van der Waals surface area contributed by atoms with Crippen LogP contribution in [0.4, 0.5) is 4.79 Å². The molecular weight excluding hydrogens is 308 g/mol. The SMILES string of the molecule is CN(Cc1csc(Br)c1)C(=O)NCCC(=O)O. The van der Waals surface area contributed by atoms with Crippen LogP contribution in [0.3, 0.4) is 0 Å². The van der Waals surface area contributed by atoms with Crippen LogP contribution in [-0.2, 0) is 11.3 Å². The van der Waals surface area contributed by atoms with Gasteiger partial charge in [-0.3, -0.25) is 4.79 Å². The van der Waals surface area contributed by atoms with Crippen molar-refractivity contribution < 1.29 is 14.7 Å². The Balaban J connectivity index is 2.34. The van der Waals surface area contributed by atoms with Crippen molar-refractivity contribution in [1.29, 1.82) is 0 Å². The summed E-state index contributed by atoms with van der Waals surface area (Å²) in [6, 6.07) is 1.68. The lowest BCUT2D eigenvalue weighted by atomic mass is 10.3. The molecule has 0 unspecified atom stereocenters. The van der Waals surface area contributed by atoms with Gasteiger partial charge in [-0.25, -0.2) is 4.79 Å². The Morgan fingerprint density at radius 1 is 1.59 bits per heavy atom. The lowest BCUT2D eigenvalue weighted by Crippen LogP contribution is -2.37. The van der Waals surface area contributed by atoms with Gasteiger partial charge >= 0.3 is 12.0 Å². The predicted molar refractivity (Wildman–Crippen MR) is 69.1 cm³/mol. The minimum absolute atomic E-state index is 0.0659. The fourth-order valence-corrected chi connectivity index (χ4v) is 2.39.